The quantitative estimate of drug-likeness (QED) is 0.136. The van der Waals surface area contributed by atoms with Gasteiger partial charge in [0.15, 0.2) is 0 Å². The Bertz CT molecular complexity index is 1900. The fourth-order valence-electron chi connectivity index (χ4n) is 4.38. The molecule has 11 heteroatoms. The van der Waals surface area contributed by atoms with Crippen molar-refractivity contribution in [1.82, 2.24) is 0 Å². The first-order valence-corrected chi connectivity index (χ1v) is 15.3. The number of phenols is 1. The Morgan fingerprint density at radius 2 is 1.56 bits per heavy atom. The zero-order valence-electron chi connectivity index (χ0n) is 22.8. The number of nitrogens with one attached hydrogen (secondary N) is 2. The second-order valence-electron chi connectivity index (χ2n) is 9.63. The summed E-state index contributed by atoms with van der Waals surface area (Å²) in [5.41, 5.74) is 4.58. The highest BCUT2D eigenvalue weighted by Gasteiger charge is 2.24. The zero-order valence-corrected chi connectivity index (χ0v) is 24.4. The Hall–Kier alpha value is -5.13. The first kappa shape index (κ1) is 29.4. The van der Waals surface area contributed by atoms with Crippen molar-refractivity contribution in [2.24, 2.45) is 0 Å². The molecule has 1 amide bonds. The molecule has 4 N–H and O–H groups in total. The monoisotopic (exact) mass is 614 g/mol. The third kappa shape index (κ3) is 7.21. The number of aryl methyl sites for hydroxylation is 1. The minimum absolute atomic E-state index is 0.116. The van der Waals surface area contributed by atoms with Crippen molar-refractivity contribution in [1.29, 1.82) is 0 Å². The normalized spacial score (nSPS) is 11.1. The molecule has 0 spiro atoms. The molecule has 9 nitrogen and oxygen atoms in total. The summed E-state index contributed by atoms with van der Waals surface area (Å²) in [6, 6.07) is 27.2. The van der Waals surface area contributed by atoms with Crippen molar-refractivity contribution < 1.29 is 33.0 Å². The van der Waals surface area contributed by atoms with Crippen LogP contribution in [0.5, 0.6) is 11.5 Å². The number of ether oxygens (including phenoxy) is 1. The van der Waals surface area contributed by atoms with Gasteiger partial charge in [0.2, 0.25) is 0 Å². The van der Waals surface area contributed by atoms with Crippen LogP contribution in [0.15, 0.2) is 107 Å². The van der Waals surface area contributed by atoms with Crippen LogP contribution in [0.3, 0.4) is 0 Å². The third-order valence-electron chi connectivity index (χ3n) is 6.35. The average Bonchev–Trinajstić information content (AvgIpc) is 3.48. The summed E-state index contributed by atoms with van der Waals surface area (Å²) in [5, 5.41) is 23.1. The number of amides is 1. The molecular weight excluding hydrogens is 588 g/mol. The van der Waals surface area contributed by atoms with Gasteiger partial charge in [0, 0.05) is 23.0 Å². The number of aromatic carboxylic acids is 1. The summed E-state index contributed by atoms with van der Waals surface area (Å²) < 4.78 is 34.1. The van der Waals surface area contributed by atoms with E-state index in [4.69, 9.17) is 4.74 Å². The molecule has 0 unspecified atom stereocenters. The van der Waals surface area contributed by atoms with Gasteiger partial charge in [0.25, 0.3) is 15.9 Å². The number of anilines is 2. The topological polar surface area (TPSA) is 142 Å². The number of carbonyl (C=O) groups excluding carboxylic acids is 1. The number of hydrogen-bond acceptors (Lipinski definition) is 7. The van der Waals surface area contributed by atoms with Gasteiger partial charge < -0.3 is 20.3 Å². The molecule has 5 rings (SSSR count). The lowest BCUT2D eigenvalue weighted by Crippen LogP contribution is -2.15. The Kier molecular flexibility index (Phi) is 8.46. The summed E-state index contributed by atoms with van der Waals surface area (Å²) in [4.78, 5) is 23.7. The van der Waals surface area contributed by atoms with Crippen molar-refractivity contribution in [2.75, 3.05) is 10.0 Å². The third-order valence-corrected chi connectivity index (χ3v) is 8.80. The van der Waals surface area contributed by atoms with Crippen LogP contribution in [0.1, 0.15) is 31.2 Å². The largest absolute Gasteiger partial charge is 0.508 e. The van der Waals surface area contributed by atoms with E-state index in [0.29, 0.717) is 22.6 Å². The maximum Gasteiger partial charge on any atom is 0.347 e. The second-order valence-corrected chi connectivity index (χ2v) is 12.2. The maximum atomic E-state index is 12.9. The summed E-state index contributed by atoms with van der Waals surface area (Å²) in [7, 11) is -4.12. The van der Waals surface area contributed by atoms with Crippen LogP contribution in [0.2, 0.25) is 0 Å². The van der Waals surface area contributed by atoms with Crippen LogP contribution in [0, 0.1) is 6.92 Å². The predicted molar refractivity (Wildman–Crippen MR) is 166 cm³/mol. The van der Waals surface area contributed by atoms with E-state index in [-0.39, 0.29) is 33.7 Å². The molecule has 0 bridgehead atoms. The van der Waals surface area contributed by atoms with Crippen LogP contribution in [0.4, 0.5) is 11.4 Å². The van der Waals surface area contributed by atoms with E-state index >= 15 is 0 Å². The van der Waals surface area contributed by atoms with Crippen molar-refractivity contribution >= 4 is 44.6 Å². The predicted octanol–water partition coefficient (Wildman–Crippen LogP) is 6.76. The number of phenolic OH excluding ortho intramolecular Hbond substituents is 1. The van der Waals surface area contributed by atoms with E-state index < -0.39 is 16.0 Å². The molecule has 0 aliphatic rings. The van der Waals surface area contributed by atoms with Gasteiger partial charge in [-0.25, -0.2) is 13.2 Å². The molecule has 0 atom stereocenters. The lowest BCUT2D eigenvalue weighted by molar-refractivity contribution is 0.0698. The smallest absolute Gasteiger partial charge is 0.347 e. The van der Waals surface area contributed by atoms with Gasteiger partial charge in [-0.1, -0.05) is 36.4 Å². The minimum atomic E-state index is -4.12. The Balaban J connectivity index is 1.23. The molecule has 218 valence electrons. The SMILES string of the molecule is Cc1cc(COc2cccc(NC(=O)c3ccc(-c4ccc(O)cc4)cc3)c2)cc(NS(=O)(=O)c2ccsc2C(=O)O)c1. The average molecular weight is 615 g/mol. The van der Waals surface area contributed by atoms with Crippen LogP contribution < -0.4 is 14.8 Å². The zero-order chi connectivity index (χ0) is 30.6. The van der Waals surface area contributed by atoms with Crippen molar-refractivity contribution in [3.05, 3.63) is 124 Å². The van der Waals surface area contributed by atoms with Crippen LogP contribution in [-0.4, -0.2) is 30.5 Å². The molecule has 43 heavy (non-hydrogen) atoms. The number of carboxylic acid groups (broad SMARTS) is 1. The maximum absolute atomic E-state index is 12.9. The fraction of sp³-hybridized carbons (Fsp3) is 0.0625. The molecule has 4 aromatic carbocycles. The van der Waals surface area contributed by atoms with E-state index in [1.807, 2.05) is 25.1 Å². The Morgan fingerprint density at radius 1 is 0.860 bits per heavy atom. The summed E-state index contributed by atoms with van der Waals surface area (Å²) in [5.74, 6) is -0.921. The lowest BCUT2D eigenvalue weighted by atomic mass is 10.0. The summed E-state index contributed by atoms with van der Waals surface area (Å²) in [6.45, 7) is 1.92. The molecule has 0 aliphatic carbocycles. The number of hydrogen-bond donors (Lipinski definition) is 4. The molecule has 1 heterocycles. The van der Waals surface area contributed by atoms with E-state index in [9.17, 15) is 28.2 Å². The molecular formula is C32H26N2O7S2. The number of thiophene rings is 1. The second kappa shape index (κ2) is 12.4. The van der Waals surface area contributed by atoms with Crippen LogP contribution in [-0.2, 0) is 16.6 Å². The highest BCUT2D eigenvalue weighted by atomic mass is 32.2. The number of sulfonamides is 1. The first-order chi connectivity index (χ1) is 20.6. The molecule has 0 saturated heterocycles. The van der Waals surface area contributed by atoms with E-state index in [1.165, 1.54) is 11.4 Å². The molecule has 5 aromatic rings. The highest BCUT2D eigenvalue weighted by molar-refractivity contribution is 7.93. The van der Waals surface area contributed by atoms with Crippen molar-refractivity contribution in [3.8, 4) is 22.6 Å². The van der Waals surface area contributed by atoms with Crippen LogP contribution >= 0.6 is 11.3 Å². The van der Waals surface area contributed by atoms with Gasteiger partial charge in [-0.05, 0) is 89.2 Å². The summed E-state index contributed by atoms with van der Waals surface area (Å²) >= 11 is 0.839. The molecule has 0 radical (unpaired) electrons. The van der Waals surface area contributed by atoms with Crippen molar-refractivity contribution in [2.45, 2.75) is 18.4 Å². The first-order valence-electron chi connectivity index (χ1n) is 13.0. The van der Waals surface area contributed by atoms with Crippen LogP contribution in [0.25, 0.3) is 11.1 Å². The Labute approximate surface area is 252 Å². The van der Waals surface area contributed by atoms with Gasteiger partial charge >= 0.3 is 5.97 Å². The molecule has 1 aromatic heterocycles. The number of carboxylic acids is 1. The summed E-state index contributed by atoms with van der Waals surface area (Å²) in [6.07, 6.45) is 0. The van der Waals surface area contributed by atoms with Gasteiger partial charge in [0.05, 0.1) is 0 Å². The standard InChI is InChI=1S/C32H26N2O7S2/c1-20-15-21(17-26(16-20)34-43(39,40)29-13-14-42-30(29)32(37)38)19-41-28-4-2-3-25(18-28)33-31(36)24-7-5-22(6-8-24)23-9-11-27(35)12-10-23/h2-18,34-35H,19H2,1H3,(H,33,36)(H,37,38). The van der Waals surface area contributed by atoms with E-state index in [0.717, 1.165) is 28.0 Å². The van der Waals surface area contributed by atoms with Gasteiger partial charge in [0.1, 0.15) is 27.9 Å². The van der Waals surface area contributed by atoms with Gasteiger partial charge in [-0.2, -0.15) is 0 Å². The van der Waals surface area contributed by atoms with Crippen molar-refractivity contribution in [3.63, 3.8) is 0 Å². The number of aromatic hydroxyl groups is 1. The molecule has 0 aliphatic heterocycles. The number of carbonyl (C=O) groups is 2. The lowest BCUT2D eigenvalue weighted by Gasteiger charge is -2.13. The number of benzene rings is 4. The van der Waals surface area contributed by atoms with Gasteiger partial charge in [-0.15, -0.1) is 11.3 Å². The fourth-order valence-corrected chi connectivity index (χ4v) is 6.68. The molecule has 0 fully saturated rings. The van der Waals surface area contributed by atoms with E-state index in [1.54, 1.807) is 72.8 Å². The van der Waals surface area contributed by atoms with Gasteiger partial charge in [-0.3, -0.25) is 9.52 Å². The highest BCUT2D eigenvalue weighted by Crippen LogP contribution is 2.27. The Morgan fingerprint density at radius 3 is 2.26 bits per heavy atom. The minimum Gasteiger partial charge on any atom is -0.508 e. The molecule has 0 saturated carbocycles. The number of rotatable bonds is 10. The van der Waals surface area contributed by atoms with E-state index in [2.05, 4.69) is 10.0 Å².